The zero-order chi connectivity index (χ0) is 21.1. The van der Waals surface area contributed by atoms with Gasteiger partial charge in [0.2, 0.25) is 5.91 Å². The lowest BCUT2D eigenvalue weighted by Crippen LogP contribution is -2.50. The molecule has 1 saturated heterocycles. The lowest BCUT2D eigenvalue weighted by molar-refractivity contribution is -0.132. The Labute approximate surface area is 184 Å². The Balaban J connectivity index is 1.44. The molecule has 0 N–H and O–H groups in total. The number of rotatable bonds is 4. The third-order valence-electron chi connectivity index (χ3n) is 5.11. The van der Waals surface area contributed by atoms with E-state index in [0.717, 1.165) is 11.3 Å². The Morgan fingerprint density at radius 1 is 0.933 bits per heavy atom. The first kappa shape index (κ1) is 20.4. The highest BCUT2D eigenvalue weighted by Gasteiger charge is 2.22. The molecule has 2 heterocycles. The minimum atomic E-state index is -0.322. The molecule has 154 valence electrons. The second-order valence-electron chi connectivity index (χ2n) is 7.04. The van der Waals surface area contributed by atoms with Crippen LogP contribution in [0.3, 0.4) is 0 Å². The zero-order valence-corrected chi connectivity index (χ0v) is 17.7. The number of carbonyl (C=O) groups excluding carboxylic acids is 1. The van der Waals surface area contributed by atoms with Crippen LogP contribution in [0, 0.1) is 0 Å². The molecule has 30 heavy (non-hydrogen) atoms. The molecule has 0 spiro atoms. The van der Waals surface area contributed by atoms with Gasteiger partial charge in [0, 0.05) is 48.5 Å². The van der Waals surface area contributed by atoms with Gasteiger partial charge in [-0.05, 0) is 30.3 Å². The Kier molecular flexibility index (Phi) is 6.06. The van der Waals surface area contributed by atoms with Crippen LogP contribution in [0.4, 0.5) is 5.69 Å². The van der Waals surface area contributed by atoms with Crippen molar-refractivity contribution in [1.29, 1.82) is 0 Å². The molecule has 1 aliphatic rings. The maximum atomic E-state index is 12.8. The predicted octanol–water partition coefficient (Wildman–Crippen LogP) is 3.57. The van der Waals surface area contributed by atoms with Crippen molar-refractivity contribution < 1.29 is 4.79 Å². The minimum absolute atomic E-state index is 0.103. The molecule has 4 rings (SSSR count). The number of carbonyl (C=O) groups is 1. The number of aromatic nitrogens is 2. The van der Waals surface area contributed by atoms with Gasteiger partial charge in [-0.15, -0.1) is 0 Å². The van der Waals surface area contributed by atoms with Gasteiger partial charge < -0.3 is 9.80 Å². The number of amides is 1. The zero-order valence-electron chi connectivity index (χ0n) is 16.2. The van der Waals surface area contributed by atoms with E-state index in [4.69, 9.17) is 23.2 Å². The third kappa shape index (κ3) is 4.50. The van der Waals surface area contributed by atoms with Crippen molar-refractivity contribution in [2.75, 3.05) is 31.1 Å². The summed E-state index contributed by atoms with van der Waals surface area (Å²) in [6.07, 6.45) is 0. The first-order valence-corrected chi connectivity index (χ1v) is 10.4. The van der Waals surface area contributed by atoms with Gasteiger partial charge in [0.25, 0.3) is 5.56 Å². The van der Waals surface area contributed by atoms with Crippen LogP contribution >= 0.6 is 23.2 Å². The minimum Gasteiger partial charge on any atom is -0.368 e. The fourth-order valence-corrected chi connectivity index (χ4v) is 3.91. The van der Waals surface area contributed by atoms with Crippen LogP contribution in [0.25, 0.3) is 11.3 Å². The Hall–Kier alpha value is -2.83. The third-order valence-corrected chi connectivity index (χ3v) is 5.67. The SMILES string of the molecule is O=C(Cn1nc(-c2ccccc2Cl)ccc1=O)N1CCN(c2cccc(Cl)c2)CC1. The number of nitrogens with zero attached hydrogens (tertiary/aromatic N) is 4. The van der Waals surface area contributed by atoms with Crippen molar-refractivity contribution >= 4 is 34.8 Å². The molecule has 0 bridgehead atoms. The normalized spacial score (nSPS) is 14.1. The molecule has 6 nitrogen and oxygen atoms in total. The molecule has 0 radical (unpaired) electrons. The lowest BCUT2D eigenvalue weighted by atomic mass is 10.1. The van der Waals surface area contributed by atoms with Crippen LogP contribution in [0.5, 0.6) is 0 Å². The van der Waals surface area contributed by atoms with Gasteiger partial charge in [0.1, 0.15) is 6.54 Å². The summed E-state index contributed by atoms with van der Waals surface area (Å²) in [4.78, 5) is 29.0. The topological polar surface area (TPSA) is 58.4 Å². The first-order valence-electron chi connectivity index (χ1n) is 9.62. The van der Waals surface area contributed by atoms with Crippen LogP contribution in [0.15, 0.2) is 65.5 Å². The highest BCUT2D eigenvalue weighted by molar-refractivity contribution is 6.33. The molecule has 0 saturated carbocycles. The van der Waals surface area contributed by atoms with Gasteiger partial charge in [0.05, 0.1) is 10.7 Å². The van der Waals surface area contributed by atoms with Crippen LogP contribution in [0.1, 0.15) is 0 Å². The predicted molar refractivity (Wildman–Crippen MR) is 119 cm³/mol. The van der Waals surface area contributed by atoms with Crippen molar-refractivity contribution in [2.24, 2.45) is 0 Å². The summed E-state index contributed by atoms with van der Waals surface area (Å²) in [5.74, 6) is -0.133. The summed E-state index contributed by atoms with van der Waals surface area (Å²) in [5.41, 5.74) is 1.99. The summed E-state index contributed by atoms with van der Waals surface area (Å²) in [7, 11) is 0. The number of halogens is 2. The van der Waals surface area contributed by atoms with Gasteiger partial charge in [-0.2, -0.15) is 5.10 Å². The summed E-state index contributed by atoms with van der Waals surface area (Å²) in [5, 5.41) is 5.59. The second-order valence-corrected chi connectivity index (χ2v) is 7.89. The molecular formula is C22H20Cl2N4O2. The van der Waals surface area contributed by atoms with Crippen LogP contribution < -0.4 is 10.5 Å². The van der Waals surface area contributed by atoms with E-state index in [1.165, 1.54) is 10.7 Å². The molecule has 3 aromatic rings. The molecule has 1 aromatic heterocycles. The van der Waals surface area contributed by atoms with Crippen molar-refractivity contribution in [1.82, 2.24) is 14.7 Å². The Morgan fingerprint density at radius 3 is 2.43 bits per heavy atom. The van der Waals surface area contributed by atoms with Crippen LogP contribution in [0.2, 0.25) is 10.0 Å². The highest BCUT2D eigenvalue weighted by atomic mass is 35.5. The molecule has 1 aliphatic heterocycles. The fourth-order valence-electron chi connectivity index (χ4n) is 3.49. The summed E-state index contributed by atoms with van der Waals surface area (Å²) in [6, 6.07) is 18.0. The number of piperazine rings is 1. The van der Waals surface area contributed by atoms with Gasteiger partial charge in [-0.3, -0.25) is 9.59 Å². The van der Waals surface area contributed by atoms with Gasteiger partial charge in [-0.1, -0.05) is 47.5 Å². The number of hydrogen-bond donors (Lipinski definition) is 0. The van der Waals surface area contributed by atoms with Crippen molar-refractivity contribution in [3.05, 3.63) is 81.1 Å². The Bertz CT molecular complexity index is 1120. The van der Waals surface area contributed by atoms with E-state index in [2.05, 4.69) is 10.00 Å². The average Bonchev–Trinajstić information content (AvgIpc) is 2.76. The maximum absolute atomic E-state index is 12.8. The van der Waals surface area contributed by atoms with E-state index in [-0.39, 0.29) is 18.0 Å². The summed E-state index contributed by atoms with van der Waals surface area (Å²) >= 11 is 12.3. The van der Waals surface area contributed by atoms with Crippen LogP contribution in [-0.4, -0.2) is 46.8 Å². The number of benzene rings is 2. The molecule has 1 amide bonds. The smallest absolute Gasteiger partial charge is 0.267 e. The van der Waals surface area contributed by atoms with Gasteiger partial charge in [0.15, 0.2) is 0 Å². The van der Waals surface area contributed by atoms with E-state index < -0.39 is 0 Å². The van der Waals surface area contributed by atoms with Gasteiger partial charge >= 0.3 is 0 Å². The number of anilines is 1. The summed E-state index contributed by atoms with van der Waals surface area (Å²) in [6.45, 7) is 2.45. The average molecular weight is 443 g/mol. The van der Waals surface area contributed by atoms with E-state index in [9.17, 15) is 9.59 Å². The van der Waals surface area contributed by atoms with E-state index in [1.807, 2.05) is 42.5 Å². The molecule has 1 fully saturated rings. The van der Waals surface area contributed by atoms with Crippen LogP contribution in [-0.2, 0) is 11.3 Å². The van der Waals surface area contributed by atoms with Gasteiger partial charge in [-0.25, -0.2) is 4.68 Å². The first-order chi connectivity index (χ1) is 14.5. The second kappa shape index (κ2) is 8.90. The highest BCUT2D eigenvalue weighted by Crippen LogP contribution is 2.25. The number of hydrogen-bond acceptors (Lipinski definition) is 4. The maximum Gasteiger partial charge on any atom is 0.267 e. The standard InChI is InChI=1S/C22H20Cl2N4O2/c23-16-4-3-5-17(14-16)26-10-12-27(13-11-26)22(30)15-28-21(29)9-8-20(25-28)18-6-1-2-7-19(18)24/h1-9,14H,10-13,15H2. The Morgan fingerprint density at radius 2 is 1.70 bits per heavy atom. The molecule has 0 aliphatic carbocycles. The fraction of sp³-hybridized carbons (Fsp3) is 0.227. The molecule has 2 aromatic carbocycles. The van der Waals surface area contributed by atoms with Crippen molar-refractivity contribution in [2.45, 2.75) is 6.54 Å². The largest absolute Gasteiger partial charge is 0.368 e. The quantitative estimate of drug-likeness (QED) is 0.619. The molecular weight excluding hydrogens is 423 g/mol. The monoisotopic (exact) mass is 442 g/mol. The van der Waals surface area contributed by atoms with E-state index >= 15 is 0 Å². The summed E-state index contributed by atoms with van der Waals surface area (Å²) < 4.78 is 1.20. The van der Waals surface area contributed by atoms with E-state index in [1.54, 1.807) is 17.0 Å². The molecule has 0 unspecified atom stereocenters. The van der Waals surface area contributed by atoms with Crippen molar-refractivity contribution in [3.8, 4) is 11.3 Å². The van der Waals surface area contributed by atoms with Crippen molar-refractivity contribution in [3.63, 3.8) is 0 Å². The molecule has 8 heteroatoms. The lowest BCUT2D eigenvalue weighted by Gasteiger charge is -2.36. The van der Waals surface area contributed by atoms with E-state index in [0.29, 0.717) is 41.9 Å². The molecule has 0 atom stereocenters.